The number of para-hydroxylation sites is 1. The highest BCUT2D eigenvalue weighted by molar-refractivity contribution is 5.96. The van der Waals surface area contributed by atoms with Crippen LogP contribution < -0.4 is 15.6 Å². The molecule has 0 spiro atoms. The molecular formula is C13H16N2O2. The Morgan fingerprint density at radius 1 is 1.35 bits per heavy atom. The van der Waals surface area contributed by atoms with E-state index in [0.29, 0.717) is 17.2 Å². The molecule has 90 valence electrons. The number of ether oxygens (including phenoxy) is 1. The minimum absolute atomic E-state index is 0.218. The molecule has 4 heteroatoms. The van der Waals surface area contributed by atoms with Crippen LogP contribution in [0.4, 0.5) is 0 Å². The molecule has 4 nitrogen and oxygen atoms in total. The van der Waals surface area contributed by atoms with Crippen molar-refractivity contribution in [1.82, 2.24) is 10.9 Å². The van der Waals surface area contributed by atoms with E-state index in [-0.39, 0.29) is 5.91 Å². The van der Waals surface area contributed by atoms with Crippen molar-refractivity contribution in [2.45, 2.75) is 12.8 Å². The first-order chi connectivity index (χ1) is 8.22. The number of nitrogens with one attached hydrogen (secondary N) is 2. The van der Waals surface area contributed by atoms with E-state index in [1.54, 1.807) is 25.3 Å². The van der Waals surface area contributed by atoms with Gasteiger partial charge in [0, 0.05) is 5.70 Å². The summed E-state index contributed by atoms with van der Waals surface area (Å²) in [5, 5.41) is 0. The maximum absolute atomic E-state index is 11.9. The number of hydrazine groups is 1. The predicted octanol–water partition coefficient (Wildman–Crippen LogP) is 1.85. The maximum atomic E-state index is 11.9. The summed E-state index contributed by atoms with van der Waals surface area (Å²) in [6.07, 6.45) is 2.30. The van der Waals surface area contributed by atoms with E-state index in [2.05, 4.69) is 17.4 Å². The second kappa shape index (κ2) is 4.91. The van der Waals surface area contributed by atoms with E-state index in [1.165, 1.54) is 0 Å². The standard InChI is InChI=1S/C13H16N2O2/c1-9(10-7-8-10)14-15-13(16)11-5-3-4-6-12(11)17-2/h3-6,10,14H,1,7-8H2,2H3,(H,15,16). The lowest BCUT2D eigenvalue weighted by Crippen LogP contribution is -2.37. The maximum Gasteiger partial charge on any atom is 0.273 e. The summed E-state index contributed by atoms with van der Waals surface area (Å²) in [6.45, 7) is 3.87. The summed E-state index contributed by atoms with van der Waals surface area (Å²) in [5.41, 5.74) is 6.85. The summed E-state index contributed by atoms with van der Waals surface area (Å²) < 4.78 is 5.12. The van der Waals surface area contributed by atoms with Crippen LogP contribution in [0, 0.1) is 5.92 Å². The Hall–Kier alpha value is -1.97. The van der Waals surface area contributed by atoms with E-state index in [4.69, 9.17) is 4.74 Å². The number of hydrogen-bond acceptors (Lipinski definition) is 3. The smallest absolute Gasteiger partial charge is 0.273 e. The van der Waals surface area contributed by atoms with Crippen LogP contribution in [-0.2, 0) is 0 Å². The van der Waals surface area contributed by atoms with Crippen molar-refractivity contribution in [3.8, 4) is 5.75 Å². The van der Waals surface area contributed by atoms with Crippen molar-refractivity contribution in [1.29, 1.82) is 0 Å². The first-order valence-electron chi connectivity index (χ1n) is 5.60. The molecule has 2 N–H and O–H groups in total. The highest BCUT2D eigenvalue weighted by atomic mass is 16.5. The van der Waals surface area contributed by atoms with Crippen LogP contribution in [0.25, 0.3) is 0 Å². The Labute approximate surface area is 101 Å². The van der Waals surface area contributed by atoms with Crippen molar-refractivity contribution in [2.24, 2.45) is 5.92 Å². The molecule has 17 heavy (non-hydrogen) atoms. The lowest BCUT2D eigenvalue weighted by molar-refractivity contribution is 0.0935. The normalized spacial score (nSPS) is 13.9. The van der Waals surface area contributed by atoms with E-state index in [1.807, 2.05) is 6.07 Å². The van der Waals surface area contributed by atoms with Crippen molar-refractivity contribution in [2.75, 3.05) is 7.11 Å². The van der Waals surface area contributed by atoms with Crippen molar-refractivity contribution in [3.63, 3.8) is 0 Å². The minimum atomic E-state index is -0.218. The fraction of sp³-hybridized carbons (Fsp3) is 0.308. The third-order valence-electron chi connectivity index (χ3n) is 2.76. The summed E-state index contributed by atoms with van der Waals surface area (Å²) in [5.74, 6) is 0.848. The number of carbonyl (C=O) groups is 1. The zero-order chi connectivity index (χ0) is 12.3. The van der Waals surface area contributed by atoms with E-state index >= 15 is 0 Å². The van der Waals surface area contributed by atoms with Crippen molar-refractivity contribution >= 4 is 5.91 Å². The molecule has 0 atom stereocenters. The molecule has 1 aliphatic rings. The van der Waals surface area contributed by atoms with Gasteiger partial charge in [-0.2, -0.15) is 0 Å². The Bertz CT molecular complexity index is 439. The number of methoxy groups -OCH3 is 1. The third-order valence-corrected chi connectivity index (χ3v) is 2.76. The molecule has 2 rings (SSSR count). The summed E-state index contributed by atoms with van der Waals surface area (Å²) in [7, 11) is 1.54. The van der Waals surface area contributed by atoms with E-state index < -0.39 is 0 Å². The van der Waals surface area contributed by atoms with Gasteiger partial charge in [-0.25, -0.2) is 0 Å². The molecule has 0 bridgehead atoms. The Kier molecular flexibility index (Phi) is 3.32. The zero-order valence-corrected chi connectivity index (χ0v) is 9.82. The largest absolute Gasteiger partial charge is 0.496 e. The van der Waals surface area contributed by atoms with Gasteiger partial charge in [0.05, 0.1) is 12.7 Å². The van der Waals surface area contributed by atoms with Crippen molar-refractivity contribution in [3.05, 3.63) is 42.1 Å². The lowest BCUT2D eigenvalue weighted by Gasteiger charge is -2.12. The van der Waals surface area contributed by atoms with E-state index in [9.17, 15) is 4.79 Å². The first kappa shape index (κ1) is 11.5. The zero-order valence-electron chi connectivity index (χ0n) is 9.82. The van der Waals surface area contributed by atoms with Gasteiger partial charge < -0.3 is 10.2 Å². The Balaban J connectivity index is 1.96. The lowest BCUT2D eigenvalue weighted by atomic mass is 10.2. The van der Waals surface area contributed by atoms with Gasteiger partial charge in [0.2, 0.25) is 0 Å². The fourth-order valence-corrected chi connectivity index (χ4v) is 1.57. The van der Waals surface area contributed by atoms with Crippen LogP contribution in [0.1, 0.15) is 23.2 Å². The molecule has 0 aliphatic heterocycles. The van der Waals surface area contributed by atoms with E-state index in [0.717, 1.165) is 18.5 Å². The van der Waals surface area contributed by atoms with Crippen LogP contribution >= 0.6 is 0 Å². The van der Waals surface area contributed by atoms with Gasteiger partial charge in [-0.05, 0) is 30.9 Å². The number of hydrogen-bond donors (Lipinski definition) is 2. The number of carbonyl (C=O) groups excluding carboxylic acids is 1. The number of rotatable bonds is 5. The Morgan fingerprint density at radius 2 is 2.06 bits per heavy atom. The molecule has 1 fully saturated rings. The van der Waals surface area contributed by atoms with Gasteiger partial charge in [0.1, 0.15) is 5.75 Å². The van der Waals surface area contributed by atoms with Gasteiger partial charge in [-0.3, -0.25) is 10.2 Å². The highest BCUT2D eigenvalue weighted by Gasteiger charge is 2.25. The van der Waals surface area contributed by atoms with Crippen LogP contribution in [0.2, 0.25) is 0 Å². The molecule has 1 aliphatic carbocycles. The second-order valence-corrected chi connectivity index (χ2v) is 4.08. The average molecular weight is 232 g/mol. The molecule has 1 saturated carbocycles. The summed E-state index contributed by atoms with van der Waals surface area (Å²) >= 11 is 0. The average Bonchev–Trinajstić information content (AvgIpc) is 3.19. The van der Waals surface area contributed by atoms with Gasteiger partial charge >= 0.3 is 0 Å². The second-order valence-electron chi connectivity index (χ2n) is 4.08. The van der Waals surface area contributed by atoms with Gasteiger partial charge in [0.25, 0.3) is 5.91 Å². The fourth-order valence-electron chi connectivity index (χ4n) is 1.57. The number of benzene rings is 1. The summed E-state index contributed by atoms with van der Waals surface area (Å²) in [4.78, 5) is 11.9. The van der Waals surface area contributed by atoms with Crippen LogP contribution in [0.3, 0.4) is 0 Å². The number of amides is 1. The monoisotopic (exact) mass is 232 g/mol. The molecule has 1 aromatic rings. The molecule has 0 heterocycles. The molecule has 1 aromatic carbocycles. The molecule has 0 saturated heterocycles. The summed E-state index contributed by atoms with van der Waals surface area (Å²) in [6, 6.07) is 7.10. The van der Waals surface area contributed by atoms with Gasteiger partial charge in [-0.15, -0.1) is 0 Å². The molecule has 0 unspecified atom stereocenters. The van der Waals surface area contributed by atoms with Gasteiger partial charge in [-0.1, -0.05) is 18.7 Å². The van der Waals surface area contributed by atoms with Crippen molar-refractivity contribution < 1.29 is 9.53 Å². The Morgan fingerprint density at radius 3 is 2.71 bits per heavy atom. The molecule has 0 radical (unpaired) electrons. The SMILES string of the molecule is C=C(NNC(=O)c1ccccc1OC)C1CC1. The highest BCUT2D eigenvalue weighted by Crippen LogP contribution is 2.33. The van der Waals surface area contributed by atoms with Gasteiger partial charge in [0.15, 0.2) is 0 Å². The quantitative estimate of drug-likeness (QED) is 0.762. The topological polar surface area (TPSA) is 50.4 Å². The first-order valence-corrected chi connectivity index (χ1v) is 5.60. The molecular weight excluding hydrogens is 216 g/mol. The molecule has 0 aromatic heterocycles. The van der Waals surface area contributed by atoms with Crippen LogP contribution in [0.5, 0.6) is 5.75 Å². The molecule has 1 amide bonds. The van der Waals surface area contributed by atoms with Crippen LogP contribution in [-0.4, -0.2) is 13.0 Å². The minimum Gasteiger partial charge on any atom is -0.496 e. The predicted molar refractivity (Wildman–Crippen MR) is 65.5 cm³/mol. The third kappa shape index (κ3) is 2.78. The van der Waals surface area contributed by atoms with Crippen LogP contribution in [0.15, 0.2) is 36.5 Å². The number of allylic oxidation sites excluding steroid dienone is 1.